The Morgan fingerprint density at radius 1 is 1.07 bits per heavy atom. The van der Waals surface area contributed by atoms with Crippen molar-refractivity contribution in [2.75, 3.05) is 6.54 Å². The number of hydrogen-bond acceptors (Lipinski definition) is 5. The average Bonchev–Trinajstić information content (AvgIpc) is 3.21. The molecular weight excluding hydrogens is 368 g/mol. The molecule has 7 nitrogen and oxygen atoms in total. The van der Waals surface area contributed by atoms with Gasteiger partial charge >= 0.3 is 0 Å². The van der Waals surface area contributed by atoms with Crippen molar-refractivity contribution in [3.05, 3.63) is 83.5 Å². The number of nitrogens with zero attached hydrogens (tertiary/aromatic N) is 3. The zero-order chi connectivity index (χ0) is 20.6. The Balaban J connectivity index is 1.76. The van der Waals surface area contributed by atoms with Gasteiger partial charge in [-0.1, -0.05) is 37.2 Å². The van der Waals surface area contributed by atoms with Gasteiger partial charge in [-0.15, -0.1) is 0 Å². The molecular formula is C22H24N4O3. The third-order valence-electron chi connectivity index (χ3n) is 4.24. The lowest BCUT2D eigenvalue weighted by molar-refractivity contribution is 0.0713. The van der Waals surface area contributed by atoms with Gasteiger partial charge in [-0.2, -0.15) is 0 Å². The van der Waals surface area contributed by atoms with Crippen LogP contribution < -0.4 is 5.32 Å². The first-order valence-corrected chi connectivity index (χ1v) is 9.50. The van der Waals surface area contributed by atoms with Crippen LogP contribution in [-0.4, -0.2) is 33.4 Å². The fraction of sp³-hybridized carbons (Fsp3) is 0.273. The molecule has 0 saturated carbocycles. The Morgan fingerprint density at radius 3 is 2.48 bits per heavy atom. The second-order valence-corrected chi connectivity index (χ2v) is 7.17. The summed E-state index contributed by atoms with van der Waals surface area (Å²) in [5.74, 6) is 0.357. The lowest BCUT2D eigenvalue weighted by Crippen LogP contribution is -2.30. The number of nitrogens with one attached hydrogen (secondary N) is 1. The number of hydrogen-bond donors (Lipinski definition) is 1. The largest absolute Gasteiger partial charge is 0.359 e. The van der Waals surface area contributed by atoms with Crippen LogP contribution in [-0.2, 0) is 13.1 Å². The highest BCUT2D eigenvalue weighted by Gasteiger charge is 2.20. The van der Waals surface area contributed by atoms with Gasteiger partial charge in [0.25, 0.3) is 11.8 Å². The van der Waals surface area contributed by atoms with Gasteiger partial charge in [0.1, 0.15) is 0 Å². The maximum atomic E-state index is 13.0. The van der Waals surface area contributed by atoms with E-state index in [1.165, 1.54) is 0 Å². The summed E-state index contributed by atoms with van der Waals surface area (Å²) in [6.45, 7) is 5.16. The van der Waals surface area contributed by atoms with Crippen LogP contribution in [0.2, 0.25) is 0 Å². The van der Waals surface area contributed by atoms with Gasteiger partial charge in [-0.3, -0.25) is 14.6 Å². The molecule has 0 radical (unpaired) electrons. The Hall–Kier alpha value is -3.48. The first kappa shape index (κ1) is 20.3. The number of carbonyl (C=O) groups excluding carboxylic acids is 2. The molecule has 0 saturated heterocycles. The first-order chi connectivity index (χ1) is 14.0. The molecule has 3 rings (SSSR count). The molecule has 0 atom stereocenters. The number of benzene rings is 1. The third kappa shape index (κ3) is 5.75. The van der Waals surface area contributed by atoms with Crippen molar-refractivity contribution in [3.63, 3.8) is 0 Å². The van der Waals surface area contributed by atoms with E-state index < -0.39 is 0 Å². The standard InChI is InChI=1S/C22H24N4O3/c1-16(2)13-24-21(27)20-12-19(29-25-20)15-26(14-17-8-10-23-11-9-17)22(28)18-6-4-3-5-7-18/h3-12,16H,13-15H2,1-2H3,(H,24,27). The molecule has 0 fully saturated rings. The van der Waals surface area contributed by atoms with Crippen LogP contribution in [0.25, 0.3) is 0 Å². The van der Waals surface area contributed by atoms with Gasteiger partial charge in [0.15, 0.2) is 11.5 Å². The zero-order valence-corrected chi connectivity index (χ0v) is 16.5. The molecule has 1 N–H and O–H groups in total. The van der Waals surface area contributed by atoms with Crippen molar-refractivity contribution in [3.8, 4) is 0 Å². The summed E-state index contributed by atoms with van der Waals surface area (Å²) in [5, 5.41) is 6.66. The van der Waals surface area contributed by atoms with Crippen molar-refractivity contribution >= 4 is 11.8 Å². The minimum absolute atomic E-state index is 0.135. The molecule has 2 amide bonds. The Bertz CT molecular complexity index is 939. The number of amides is 2. The van der Waals surface area contributed by atoms with E-state index in [9.17, 15) is 9.59 Å². The summed E-state index contributed by atoms with van der Waals surface area (Å²) in [4.78, 5) is 30.9. The molecule has 0 aliphatic carbocycles. The van der Waals surface area contributed by atoms with Gasteiger partial charge in [0, 0.05) is 37.1 Å². The van der Waals surface area contributed by atoms with Crippen molar-refractivity contribution < 1.29 is 14.1 Å². The summed E-state index contributed by atoms with van der Waals surface area (Å²) >= 11 is 0. The number of rotatable bonds is 8. The normalized spacial score (nSPS) is 10.7. The molecule has 150 valence electrons. The molecule has 3 aromatic rings. The van der Waals surface area contributed by atoms with E-state index in [1.54, 1.807) is 35.5 Å². The summed E-state index contributed by atoms with van der Waals surface area (Å²) in [5.41, 5.74) is 1.73. The predicted molar refractivity (Wildman–Crippen MR) is 108 cm³/mol. The molecule has 0 spiro atoms. The lowest BCUT2D eigenvalue weighted by Gasteiger charge is -2.21. The van der Waals surface area contributed by atoms with E-state index in [-0.39, 0.29) is 24.1 Å². The van der Waals surface area contributed by atoms with Gasteiger partial charge < -0.3 is 14.7 Å². The minimum Gasteiger partial charge on any atom is -0.359 e. The Morgan fingerprint density at radius 2 is 1.79 bits per heavy atom. The highest BCUT2D eigenvalue weighted by molar-refractivity contribution is 5.94. The molecule has 7 heteroatoms. The lowest BCUT2D eigenvalue weighted by atomic mass is 10.1. The van der Waals surface area contributed by atoms with E-state index in [0.29, 0.717) is 30.3 Å². The summed E-state index contributed by atoms with van der Waals surface area (Å²) in [6, 6.07) is 14.3. The van der Waals surface area contributed by atoms with E-state index in [1.807, 2.05) is 44.2 Å². The second-order valence-electron chi connectivity index (χ2n) is 7.17. The summed E-state index contributed by atoms with van der Waals surface area (Å²) < 4.78 is 5.33. The Labute approximate surface area is 169 Å². The highest BCUT2D eigenvalue weighted by atomic mass is 16.5. The van der Waals surface area contributed by atoms with Crippen LogP contribution in [0.4, 0.5) is 0 Å². The summed E-state index contributed by atoms with van der Waals surface area (Å²) in [7, 11) is 0. The maximum Gasteiger partial charge on any atom is 0.273 e. The van der Waals surface area contributed by atoms with E-state index in [0.717, 1.165) is 5.56 Å². The van der Waals surface area contributed by atoms with Crippen molar-refractivity contribution in [1.29, 1.82) is 0 Å². The third-order valence-corrected chi connectivity index (χ3v) is 4.24. The van der Waals surface area contributed by atoms with Gasteiger partial charge in [-0.05, 0) is 35.7 Å². The summed E-state index contributed by atoms with van der Waals surface area (Å²) in [6.07, 6.45) is 3.37. The molecule has 2 aromatic heterocycles. The topological polar surface area (TPSA) is 88.3 Å². The molecule has 2 heterocycles. The van der Waals surface area contributed by atoms with Crippen LogP contribution >= 0.6 is 0 Å². The van der Waals surface area contributed by atoms with Crippen LogP contribution in [0.15, 0.2) is 65.4 Å². The van der Waals surface area contributed by atoms with Crippen LogP contribution in [0.3, 0.4) is 0 Å². The number of carbonyl (C=O) groups is 2. The highest BCUT2D eigenvalue weighted by Crippen LogP contribution is 2.15. The van der Waals surface area contributed by atoms with Crippen molar-refractivity contribution in [2.24, 2.45) is 5.92 Å². The van der Waals surface area contributed by atoms with Crippen molar-refractivity contribution in [2.45, 2.75) is 26.9 Å². The fourth-order valence-electron chi connectivity index (χ4n) is 2.74. The molecule has 0 aliphatic heterocycles. The number of aromatic nitrogens is 2. The smallest absolute Gasteiger partial charge is 0.273 e. The zero-order valence-electron chi connectivity index (χ0n) is 16.5. The van der Waals surface area contributed by atoms with Crippen LogP contribution in [0.5, 0.6) is 0 Å². The predicted octanol–water partition coefficient (Wildman–Crippen LogP) is 3.30. The molecule has 29 heavy (non-hydrogen) atoms. The molecule has 0 aliphatic rings. The van der Waals surface area contributed by atoms with Gasteiger partial charge in [0.2, 0.25) is 0 Å². The molecule has 0 bridgehead atoms. The molecule has 0 unspecified atom stereocenters. The van der Waals surface area contributed by atoms with Gasteiger partial charge in [0.05, 0.1) is 6.54 Å². The fourth-order valence-corrected chi connectivity index (χ4v) is 2.74. The maximum absolute atomic E-state index is 13.0. The van der Waals surface area contributed by atoms with Crippen LogP contribution in [0, 0.1) is 5.92 Å². The van der Waals surface area contributed by atoms with E-state index in [2.05, 4.69) is 15.5 Å². The first-order valence-electron chi connectivity index (χ1n) is 9.50. The van der Waals surface area contributed by atoms with Crippen molar-refractivity contribution in [1.82, 2.24) is 20.4 Å². The van der Waals surface area contributed by atoms with E-state index >= 15 is 0 Å². The molecule has 1 aromatic carbocycles. The average molecular weight is 392 g/mol. The van der Waals surface area contributed by atoms with E-state index in [4.69, 9.17) is 4.52 Å². The SMILES string of the molecule is CC(C)CNC(=O)c1cc(CN(Cc2ccncc2)C(=O)c2ccccc2)on1. The quantitative estimate of drug-likeness (QED) is 0.635. The number of pyridine rings is 1. The minimum atomic E-state index is -0.288. The van der Waals surface area contributed by atoms with Gasteiger partial charge in [-0.25, -0.2) is 0 Å². The Kier molecular flexibility index (Phi) is 6.73. The second kappa shape index (κ2) is 9.64. The van der Waals surface area contributed by atoms with Crippen LogP contribution in [0.1, 0.15) is 46.0 Å². The monoisotopic (exact) mass is 392 g/mol.